The van der Waals surface area contributed by atoms with Crippen LogP contribution in [0.1, 0.15) is 18.9 Å². The van der Waals surface area contributed by atoms with E-state index in [4.69, 9.17) is 5.73 Å². The molecule has 2 nitrogen and oxygen atoms in total. The lowest BCUT2D eigenvalue weighted by atomic mass is 10.2. The molecule has 0 radical (unpaired) electrons. The third kappa shape index (κ3) is 3.83. The highest BCUT2D eigenvalue weighted by Gasteiger charge is 2.08. The number of hydrogen-bond donors (Lipinski definition) is 1. The van der Waals surface area contributed by atoms with Crippen LogP contribution < -0.4 is 5.73 Å². The van der Waals surface area contributed by atoms with Gasteiger partial charge in [0.25, 0.3) is 0 Å². The predicted octanol–water partition coefficient (Wildman–Crippen LogP) is 2.83. The molecule has 0 spiro atoms. The molecule has 0 aromatic heterocycles. The molecule has 1 aromatic rings. The van der Waals surface area contributed by atoms with Gasteiger partial charge in [-0.1, -0.05) is 19.1 Å². The van der Waals surface area contributed by atoms with Crippen LogP contribution >= 0.6 is 11.8 Å². The second-order valence-corrected chi connectivity index (χ2v) is 6.52. The maximum absolute atomic E-state index is 12.0. The van der Waals surface area contributed by atoms with Crippen LogP contribution in [0.3, 0.4) is 0 Å². The minimum Gasteiger partial charge on any atom is -0.398 e. The van der Waals surface area contributed by atoms with Gasteiger partial charge in [0.2, 0.25) is 0 Å². The van der Waals surface area contributed by atoms with E-state index in [1.54, 1.807) is 0 Å². The monoisotopic (exact) mass is 257 g/mol. The van der Waals surface area contributed by atoms with Crippen LogP contribution in [0.5, 0.6) is 0 Å². The van der Waals surface area contributed by atoms with E-state index in [1.165, 1.54) is 0 Å². The summed E-state index contributed by atoms with van der Waals surface area (Å²) in [5.41, 5.74) is 7.61. The van der Waals surface area contributed by atoms with E-state index in [-0.39, 0.29) is 0 Å². The van der Waals surface area contributed by atoms with Crippen molar-refractivity contribution in [1.29, 1.82) is 0 Å². The van der Waals surface area contributed by atoms with Crippen LogP contribution in [0.4, 0.5) is 5.69 Å². The van der Waals surface area contributed by atoms with Crippen molar-refractivity contribution in [3.63, 3.8) is 0 Å². The Balaban J connectivity index is 2.56. The maximum Gasteiger partial charge on any atom is 0.0620 e. The van der Waals surface area contributed by atoms with Gasteiger partial charge in [-0.25, -0.2) is 0 Å². The standard InChI is InChI=1S/C12H19NOS2/c1-3-15-8-5-9-16(14)11-7-4-6-10(2)12(11)13/h4,6-7H,3,5,8-9,13H2,1-2H3. The fourth-order valence-corrected chi connectivity index (χ4v) is 3.48. The summed E-state index contributed by atoms with van der Waals surface area (Å²) >= 11 is 1.89. The van der Waals surface area contributed by atoms with Crippen LogP contribution in [-0.2, 0) is 10.8 Å². The smallest absolute Gasteiger partial charge is 0.0620 e. The summed E-state index contributed by atoms with van der Waals surface area (Å²) < 4.78 is 12.0. The quantitative estimate of drug-likeness (QED) is 0.629. The van der Waals surface area contributed by atoms with Gasteiger partial charge in [0.1, 0.15) is 0 Å². The molecule has 0 saturated carbocycles. The molecule has 1 rings (SSSR count). The van der Waals surface area contributed by atoms with Gasteiger partial charge in [0, 0.05) is 5.75 Å². The topological polar surface area (TPSA) is 43.1 Å². The Hall–Kier alpha value is -0.480. The van der Waals surface area contributed by atoms with E-state index in [9.17, 15) is 4.21 Å². The molecule has 0 bridgehead atoms. The van der Waals surface area contributed by atoms with Gasteiger partial charge >= 0.3 is 0 Å². The number of anilines is 1. The fraction of sp³-hybridized carbons (Fsp3) is 0.500. The molecule has 4 heteroatoms. The molecule has 1 aromatic carbocycles. The molecule has 2 N–H and O–H groups in total. The summed E-state index contributed by atoms with van der Waals surface area (Å²) in [6.45, 7) is 4.09. The van der Waals surface area contributed by atoms with Crippen LogP contribution in [0, 0.1) is 6.92 Å². The molecule has 0 fully saturated rings. The number of benzene rings is 1. The zero-order valence-electron chi connectivity index (χ0n) is 9.86. The highest BCUT2D eigenvalue weighted by atomic mass is 32.2. The first-order valence-electron chi connectivity index (χ1n) is 5.48. The number of thioether (sulfide) groups is 1. The van der Waals surface area contributed by atoms with Crippen molar-refractivity contribution >= 4 is 28.2 Å². The van der Waals surface area contributed by atoms with Gasteiger partial charge < -0.3 is 5.73 Å². The van der Waals surface area contributed by atoms with Crippen LogP contribution in [0.25, 0.3) is 0 Å². The molecule has 16 heavy (non-hydrogen) atoms. The molecule has 0 aliphatic heterocycles. The number of nitrogen functional groups attached to an aromatic ring is 1. The lowest BCUT2D eigenvalue weighted by Gasteiger charge is -2.07. The Morgan fingerprint density at radius 2 is 2.19 bits per heavy atom. The molecule has 0 aliphatic rings. The largest absolute Gasteiger partial charge is 0.398 e. The van der Waals surface area contributed by atoms with Crippen LogP contribution in [0.2, 0.25) is 0 Å². The number of nitrogens with two attached hydrogens (primary N) is 1. The van der Waals surface area contributed by atoms with E-state index < -0.39 is 10.8 Å². The number of rotatable bonds is 6. The van der Waals surface area contributed by atoms with Gasteiger partial charge in [-0.2, -0.15) is 11.8 Å². The first-order chi connectivity index (χ1) is 7.66. The van der Waals surface area contributed by atoms with Gasteiger partial charge in [-0.3, -0.25) is 4.21 Å². The molecular formula is C12H19NOS2. The van der Waals surface area contributed by atoms with E-state index in [1.807, 2.05) is 36.9 Å². The summed E-state index contributed by atoms with van der Waals surface area (Å²) in [6, 6.07) is 5.73. The Kier molecular flexibility index (Phi) is 5.91. The molecule has 1 unspecified atom stereocenters. The Morgan fingerprint density at radius 1 is 1.44 bits per heavy atom. The van der Waals surface area contributed by atoms with Crippen molar-refractivity contribution < 1.29 is 4.21 Å². The molecule has 1 atom stereocenters. The number of aryl methyl sites for hydroxylation is 1. The molecule has 0 amide bonds. The normalized spacial score (nSPS) is 12.6. The minimum atomic E-state index is -0.947. The third-order valence-electron chi connectivity index (χ3n) is 2.35. The van der Waals surface area contributed by atoms with Crippen molar-refractivity contribution in [1.82, 2.24) is 0 Å². The van der Waals surface area contributed by atoms with E-state index in [2.05, 4.69) is 6.92 Å². The summed E-state index contributed by atoms with van der Waals surface area (Å²) in [5.74, 6) is 2.91. The highest BCUT2D eigenvalue weighted by Crippen LogP contribution is 2.20. The molecule has 90 valence electrons. The van der Waals surface area contributed by atoms with Crippen molar-refractivity contribution in [3.05, 3.63) is 23.8 Å². The van der Waals surface area contributed by atoms with E-state index in [0.29, 0.717) is 11.4 Å². The van der Waals surface area contributed by atoms with Gasteiger partial charge in [-0.05, 0) is 36.5 Å². The molecule has 0 heterocycles. The maximum atomic E-state index is 12.0. The lowest BCUT2D eigenvalue weighted by molar-refractivity contribution is 0.682. The van der Waals surface area contributed by atoms with E-state index in [0.717, 1.165) is 28.4 Å². The molecular weight excluding hydrogens is 238 g/mol. The second-order valence-electron chi connectivity index (χ2n) is 3.59. The van der Waals surface area contributed by atoms with E-state index >= 15 is 0 Å². The van der Waals surface area contributed by atoms with Crippen molar-refractivity contribution in [2.45, 2.75) is 25.2 Å². The fourth-order valence-electron chi connectivity index (χ4n) is 1.40. The highest BCUT2D eigenvalue weighted by molar-refractivity contribution is 7.99. The molecule has 0 aliphatic carbocycles. The Labute approximate surface area is 104 Å². The summed E-state index contributed by atoms with van der Waals surface area (Å²) in [5, 5.41) is 0. The van der Waals surface area contributed by atoms with Gasteiger partial charge in [0.05, 0.1) is 21.4 Å². The van der Waals surface area contributed by atoms with Crippen molar-refractivity contribution in [2.24, 2.45) is 0 Å². The number of hydrogen-bond acceptors (Lipinski definition) is 3. The lowest BCUT2D eigenvalue weighted by Crippen LogP contribution is -2.04. The second kappa shape index (κ2) is 6.97. The predicted molar refractivity (Wildman–Crippen MR) is 74.5 cm³/mol. The Bertz CT molecular complexity index is 366. The first kappa shape index (κ1) is 13.6. The average molecular weight is 257 g/mol. The third-order valence-corrected chi connectivity index (χ3v) is 4.84. The summed E-state index contributed by atoms with van der Waals surface area (Å²) in [6.07, 6.45) is 0.985. The SMILES string of the molecule is CCSCCCS(=O)c1cccc(C)c1N. The van der Waals surface area contributed by atoms with Crippen LogP contribution in [0.15, 0.2) is 23.1 Å². The summed E-state index contributed by atoms with van der Waals surface area (Å²) in [4.78, 5) is 0.793. The van der Waals surface area contributed by atoms with Crippen molar-refractivity contribution in [3.8, 4) is 0 Å². The van der Waals surface area contributed by atoms with Crippen molar-refractivity contribution in [2.75, 3.05) is 23.0 Å². The molecule has 0 saturated heterocycles. The van der Waals surface area contributed by atoms with Gasteiger partial charge in [0.15, 0.2) is 0 Å². The van der Waals surface area contributed by atoms with Gasteiger partial charge in [-0.15, -0.1) is 0 Å². The number of para-hydroxylation sites is 1. The minimum absolute atomic E-state index is 0.684. The first-order valence-corrected chi connectivity index (χ1v) is 7.95. The summed E-state index contributed by atoms with van der Waals surface area (Å²) in [7, 11) is -0.947. The zero-order valence-corrected chi connectivity index (χ0v) is 11.5. The zero-order chi connectivity index (χ0) is 12.0. The van der Waals surface area contributed by atoms with Crippen LogP contribution in [-0.4, -0.2) is 21.5 Å². The Morgan fingerprint density at radius 3 is 2.88 bits per heavy atom. The average Bonchev–Trinajstić information content (AvgIpc) is 2.28.